The average molecular weight is 348 g/mol. The van der Waals surface area contributed by atoms with E-state index in [2.05, 4.69) is 21.2 Å². The van der Waals surface area contributed by atoms with Crippen LogP contribution >= 0.6 is 15.9 Å². The number of rotatable bonds is 2. The van der Waals surface area contributed by atoms with Crippen LogP contribution in [0.2, 0.25) is 0 Å². The molecule has 0 aromatic carbocycles. The highest BCUT2D eigenvalue weighted by Gasteiger charge is 2.35. The Kier molecular flexibility index (Phi) is 4.69. The van der Waals surface area contributed by atoms with E-state index in [1.807, 2.05) is 0 Å². The maximum absolute atomic E-state index is 11.8. The number of likely N-dealkylation sites (tertiary alicyclic amines) is 1. The number of dihydropyridines is 1. The maximum Gasteiger partial charge on any atom is 0.341 e. The van der Waals surface area contributed by atoms with Gasteiger partial charge in [0, 0.05) is 24.1 Å². The molecule has 0 spiro atoms. The fourth-order valence-electron chi connectivity index (χ4n) is 2.30. The third-order valence-corrected chi connectivity index (χ3v) is 3.92. The van der Waals surface area contributed by atoms with Gasteiger partial charge in [0.25, 0.3) is 0 Å². The Balaban J connectivity index is 2.30. The summed E-state index contributed by atoms with van der Waals surface area (Å²) in [4.78, 5) is 13.5. The minimum absolute atomic E-state index is 0.243. The van der Waals surface area contributed by atoms with Crippen LogP contribution in [-0.2, 0) is 9.53 Å². The number of carbonyl (C=O) groups is 1. The van der Waals surface area contributed by atoms with Gasteiger partial charge >= 0.3 is 5.97 Å². The van der Waals surface area contributed by atoms with Gasteiger partial charge in [0.15, 0.2) is 0 Å². The van der Waals surface area contributed by atoms with Gasteiger partial charge in [0.1, 0.15) is 11.4 Å². The van der Waals surface area contributed by atoms with E-state index in [-0.39, 0.29) is 13.1 Å². The number of methoxy groups -OCH3 is 1. The zero-order valence-corrected chi connectivity index (χ0v) is 12.6. The first-order chi connectivity index (χ1) is 9.43. The smallest absolute Gasteiger partial charge is 0.341 e. The molecule has 0 amide bonds. The van der Waals surface area contributed by atoms with Gasteiger partial charge in [0.05, 0.1) is 25.4 Å². The van der Waals surface area contributed by atoms with Gasteiger partial charge in [-0.2, -0.15) is 0 Å². The highest BCUT2D eigenvalue weighted by Crippen LogP contribution is 2.23. The molecule has 1 fully saturated rings. The van der Waals surface area contributed by atoms with Gasteiger partial charge in [-0.15, -0.1) is 0 Å². The number of β-amino-alcohol motifs (C(OH)–C–C–N with tert-alkyl or cyclic N) is 2. The summed E-state index contributed by atoms with van der Waals surface area (Å²) in [5, 5.41) is 22.8. The summed E-state index contributed by atoms with van der Waals surface area (Å²) in [6, 6.07) is -0.681. The van der Waals surface area contributed by atoms with Crippen molar-refractivity contribution in [1.82, 2.24) is 10.2 Å². The van der Waals surface area contributed by atoms with Gasteiger partial charge in [-0.25, -0.2) is 4.79 Å². The molecule has 2 rings (SSSR count). The van der Waals surface area contributed by atoms with E-state index in [1.165, 1.54) is 7.11 Å². The summed E-state index contributed by atoms with van der Waals surface area (Å²) in [5.41, 5.74) is 6.03. The number of ether oxygens (including phenoxy) is 1. The summed E-state index contributed by atoms with van der Waals surface area (Å²) in [7, 11) is 1.30. The monoisotopic (exact) mass is 347 g/mol. The molecule has 0 saturated carbocycles. The Labute approximate surface area is 125 Å². The third kappa shape index (κ3) is 2.98. The second-order valence-corrected chi connectivity index (χ2v) is 5.83. The van der Waals surface area contributed by atoms with Crippen molar-refractivity contribution in [1.29, 1.82) is 0 Å². The fraction of sp³-hybridized carbons (Fsp3) is 0.583. The van der Waals surface area contributed by atoms with Crippen molar-refractivity contribution in [2.75, 3.05) is 26.7 Å². The minimum atomic E-state index is -0.860. The average Bonchev–Trinajstić information content (AvgIpc) is 2.43. The molecule has 0 radical (unpaired) electrons. The molecule has 1 saturated heterocycles. The number of aliphatic hydroxyl groups is 2. The van der Waals surface area contributed by atoms with Crippen molar-refractivity contribution in [3.8, 4) is 0 Å². The molecule has 5 N–H and O–H groups in total. The minimum Gasteiger partial charge on any atom is -0.465 e. The lowest BCUT2D eigenvalue weighted by Crippen LogP contribution is -2.60. The van der Waals surface area contributed by atoms with E-state index in [1.54, 1.807) is 11.0 Å². The van der Waals surface area contributed by atoms with Crippen LogP contribution in [0.15, 0.2) is 22.0 Å². The van der Waals surface area contributed by atoms with Gasteiger partial charge < -0.3 is 30.9 Å². The Hall–Kier alpha value is -1.09. The van der Waals surface area contributed by atoms with Crippen molar-refractivity contribution in [2.45, 2.75) is 18.2 Å². The molecule has 0 aliphatic carbocycles. The number of nitrogens with one attached hydrogen (secondary N) is 1. The van der Waals surface area contributed by atoms with E-state index >= 15 is 0 Å². The van der Waals surface area contributed by atoms with Crippen molar-refractivity contribution < 1.29 is 19.7 Å². The SMILES string of the molecule is COC(=O)C1=C(N2CC(O)C(N)C(O)C2)NCC(Br)=C1. The zero-order chi connectivity index (χ0) is 14.9. The third-order valence-electron chi connectivity index (χ3n) is 3.41. The highest BCUT2D eigenvalue weighted by molar-refractivity contribution is 9.11. The van der Waals surface area contributed by atoms with E-state index < -0.39 is 24.2 Å². The number of piperidine rings is 1. The van der Waals surface area contributed by atoms with Crippen LogP contribution in [0.3, 0.4) is 0 Å². The summed E-state index contributed by atoms with van der Waals surface area (Å²) >= 11 is 3.33. The normalized spacial score (nSPS) is 30.8. The van der Waals surface area contributed by atoms with Crippen molar-refractivity contribution in [3.05, 3.63) is 22.0 Å². The molecule has 2 atom stereocenters. The number of hydrogen-bond donors (Lipinski definition) is 4. The number of hydrogen-bond acceptors (Lipinski definition) is 7. The molecule has 112 valence electrons. The largest absolute Gasteiger partial charge is 0.465 e. The lowest BCUT2D eigenvalue weighted by molar-refractivity contribution is -0.136. The number of carbonyl (C=O) groups excluding carboxylic acids is 1. The number of nitrogens with zero attached hydrogens (tertiary/aromatic N) is 1. The first kappa shape index (κ1) is 15.3. The molecule has 0 bridgehead atoms. The van der Waals surface area contributed by atoms with Crippen LogP contribution in [0, 0.1) is 0 Å². The van der Waals surface area contributed by atoms with Crippen molar-refractivity contribution >= 4 is 21.9 Å². The highest BCUT2D eigenvalue weighted by atomic mass is 79.9. The Morgan fingerprint density at radius 3 is 2.65 bits per heavy atom. The maximum atomic E-state index is 11.8. The second-order valence-electron chi connectivity index (χ2n) is 4.82. The zero-order valence-electron chi connectivity index (χ0n) is 11.0. The molecular formula is C12H18BrN3O4. The van der Waals surface area contributed by atoms with Crippen LogP contribution in [0.1, 0.15) is 0 Å². The van der Waals surface area contributed by atoms with Gasteiger partial charge in [-0.3, -0.25) is 0 Å². The van der Waals surface area contributed by atoms with Gasteiger partial charge in [0.2, 0.25) is 0 Å². The van der Waals surface area contributed by atoms with Crippen LogP contribution in [0.5, 0.6) is 0 Å². The molecule has 8 heteroatoms. The van der Waals surface area contributed by atoms with Crippen molar-refractivity contribution in [2.24, 2.45) is 5.73 Å². The molecular weight excluding hydrogens is 330 g/mol. The molecule has 2 aliphatic rings. The van der Waals surface area contributed by atoms with Gasteiger partial charge in [-0.1, -0.05) is 15.9 Å². The summed E-state index contributed by atoms with van der Waals surface area (Å²) in [6.07, 6.45) is -0.0482. The summed E-state index contributed by atoms with van der Waals surface area (Å²) in [5.74, 6) is 0.0491. The second kappa shape index (κ2) is 6.13. The van der Waals surface area contributed by atoms with E-state index in [0.29, 0.717) is 17.9 Å². The lowest BCUT2D eigenvalue weighted by atomic mass is 9.99. The molecule has 20 heavy (non-hydrogen) atoms. The first-order valence-electron chi connectivity index (χ1n) is 6.23. The first-order valence-corrected chi connectivity index (χ1v) is 7.02. The predicted octanol–water partition coefficient (Wildman–Crippen LogP) is -1.38. The predicted molar refractivity (Wildman–Crippen MR) is 75.6 cm³/mol. The van der Waals surface area contributed by atoms with Crippen LogP contribution < -0.4 is 11.1 Å². The topological polar surface area (TPSA) is 108 Å². The molecule has 2 heterocycles. The standard InChI is InChI=1S/C12H18BrN3O4/c1-20-12(19)7-2-6(13)3-15-11(7)16-4-8(17)10(14)9(18)5-16/h2,8-10,15,17-18H,3-5,14H2,1H3. The molecule has 2 aliphatic heterocycles. The summed E-state index contributed by atoms with van der Waals surface area (Å²) in [6.45, 7) is 1.00. The molecule has 0 aromatic heterocycles. The lowest BCUT2D eigenvalue weighted by Gasteiger charge is -2.41. The Morgan fingerprint density at radius 2 is 2.10 bits per heavy atom. The van der Waals surface area contributed by atoms with E-state index in [0.717, 1.165) is 4.48 Å². The number of aliphatic hydroxyl groups excluding tert-OH is 2. The van der Waals surface area contributed by atoms with Crippen LogP contribution in [0.25, 0.3) is 0 Å². The number of nitrogens with two attached hydrogens (primary N) is 1. The summed E-state index contributed by atoms with van der Waals surface area (Å²) < 4.78 is 5.57. The van der Waals surface area contributed by atoms with Gasteiger partial charge in [-0.05, 0) is 6.08 Å². The van der Waals surface area contributed by atoms with E-state index in [4.69, 9.17) is 10.5 Å². The van der Waals surface area contributed by atoms with Crippen molar-refractivity contribution in [3.63, 3.8) is 0 Å². The Morgan fingerprint density at radius 1 is 1.50 bits per heavy atom. The van der Waals surface area contributed by atoms with Crippen LogP contribution in [-0.4, -0.2) is 66.1 Å². The Bertz CT molecular complexity index is 454. The van der Waals surface area contributed by atoms with Crippen LogP contribution in [0.4, 0.5) is 0 Å². The number of halogens is 1. The number of esters is 1. The van der Waals surface area contributed by atoms with E-state index in [9.17, 15) is 15.0 Å². The molecule has 2 unspecified atom stereocenters. The molecule has 0 aromatic rings. The molecule has 7 nitrogen and oxygen atoms in total. The fourth-order valence-corrected chi connectivity index (χ4v) is 2.66. The quantitative estimate of drug-likeness (QED) is 0.456.